The highest BCUT2D eigenvalue weighted by atomic mass is 15.3. The van der Waals surface area contributed by atoms with E-state index in [1.807, 2.05) is 0 Å². The predicted molar refractivity (Wildman–Crippen MR) is 68.2 cm³/mol. The van der Waals surface area contributed by atoms with Crippen LogP contribution in [0.1, 0.15) is 37.8 Å². The lowest BCUT2D eigenvalue weighted by Gasteiger charge is -2.07. The maximum atomic E-state index is 4.57. The summed E-state index contributed by atoms with van der Waals surface area (Å²) in [6.07, 6.45) is 5.17. The van der Waals surface area contributed by atoms with Gasteiger partial charge in [0.15, 0.2) is 5.82 Å². The van der Waals surface area contributed by atoms with Crippen molar-refractivity contribution in [1.29, 1.82) is 0 Å². The predicted octanol–water partition coefficient (Wildman–Crippen LogP) is 1.96. The van der Waals surface area contributed by atoms with E-state index in [9.17, 15) is 0 Å². The molecule has 3 rings (SSSR count). The monoisotopic (exact) mass is 244 g/mol. The molecule has 0 atom stereocenters. The zero-order valence-corrected chi connectivity index (χ0v) is 10.3. The van der Waals surface area contributed by atoms with Crippen LogP contribution in [0.2, 0.25) is 0 Å². The molecule has 1 saturated carbocycles. The molecule has 0 radical (unpaired) electrons. The van der Waals surface area contributed by atoms with Gasteiger partial charge in [-0.1, -0.05) is 6.92 Å². The first-order chi connectivity index (χ1) is 8.86. The maximum Gasteiger partial charge on any atom is 0.183 e. The summed E-state index contributed by atoms with van der Waals surface area (Å²) in [5, 5.41) is 13.7. The van der Waals surface area contributed by atoms with Crippen LogP contribution in [-0.2, 0) is 0 Å². The number of aromatic amines is 1. The van der Waals surface area contributed by atoms with Crippen LogP contribution in [0.25, 0.3) is 11.5 Å². The van der Waals surface area contributed by atoms with E-state index in [1.54, 1.807) is 6.20 Å². The standard InChI is InChI=1S/C12H16N6/c1-2-5-13-11-6-9(8-3-4-8)15-12(16-11)10-7-14-18-17-10/h6-8H,2-5H2,1H3,(H,13,15,16)(H,14,17,18). The van der Waals surface area contributed by atoms with Crippen LogP contribution in [-0.4, -0.2) is 31.9 Å². The molecular formula is C12H16N6. The van der Waals surface area contributed by atoms with Crippen molar-refractivity contribution in [2.75, 3.05) is 11.9 Å². The van der Waals surface area contributed by atoms with Crippen molar-refractivity contribution in [3.8, 4) is 11.5 Å². The molecule has 18 heavy (non-hydrogen) atoms. The molecule has 2 heterocycles. The Balaban J connectivity index is 1.94. The molecule has 0 saturated heterocycles. The second-order valence-electron chi connectivity index (χ2n) is 4.56. The normalized spacial score (nSPS) is 14.7. The zero-order valence-electron chi connectivity index (χ0n) is 10.3. The van der Waals surface area contributed by atoms with E-state index in [0.29, 0.717) is 17.4 Å². The molecule has 6 nitrogen and oxygen atoms in total. The van der Waals surface area contributed by atoms with Crippen LogP contribution >= 0.6 is 0 Å². The van der Waals surface area contributed by atoms with E-state index >= 15 is 0 Å². The van der Waals surface area contributed by atoms with E-state index < -0.39 is 0 Å². The molecule has 1 aliphatic carbocycles. The zero-order chi connectivity index (χ0) is 12.4. The molecule has 2 aromatic heterocycles. The molecule has 0 aromatic carbocycles. The van der Waals surface area contributed by atoms with Gasteiger partial charge in [-0.3, -0.25) is 0 Å². The lowest BCUT2D eigenvalue weighted by atomic mass is 10.2. The van der Waals surface area contributed by atoms with E-state index in [4.69, 9.17) is 0 Å². The Morgan fingerprint density at radius 2 is 2.28 bits per heavy atom. The number of nitrogens with zero attached hydrogens (tertiary/aromatic N) is 4. The summed E-state index contributed by atoms with van der Waals surface area (Å²) < 4.78 is 0. The molecule has 0 aliphatic heterocycles. The SMILES string of the molecule is CCCNc1cc(C2CC2)nc(-c2cn[nH]n2)n1. The third kappa shape index (κ3) is 2.32. The third-order valence-electron chi connectivity index (χ3n) is 2.94. The van der Waals surface area contributed by atoms with Gasteiger partial charge in [0, 0.05) is 24.2 Å². The van der Waals surface area contributed by atoms with Crippen molar-refractivity contribution in [2.45, 2.75) is 32.1 Å². The fourth-order valence-corrected chi connectivity index (χ4v) is 1.82. The van der Waals surface area contributed by atoms with Gasteiger partial charge in [0.1, 0.15) is 11.5 Å². The second-order valence-corrected chi connectivity index (χ2v) is 4.56. The highest BCUT2D eigenvalue weighted by molar-refractivity contribution is 5.52. The van der Waals surface area contributed by atoms with Crippen LogP contribution in [0.3, 0.4) is 0 Å². The summed E-state index contributed by atoms with van der Waals surface area (Å²) >= 11 is 0. The highest BCUT2D eigenvalue weighted by Crippen LogP contribution is 2.40. The van der Waals surface area contributed by atoms with E-state index in [2.05, 4.69) is 43.7 Å². The Morgan fingerprint density at radius 1 is 1.39 bits per heavy atom. The van der Waals surface area contributed by atoms with Crippen molar-refractivity contribution in [3.63, 3.8) is 0 Å². The van der Waals surface area contributed by atoms with Gasteiger partial charge in [0.25, 0.3) is 0 Å². The van der Waals surface area contributed by atoms with Gasteiger partial charge in [0.05, 0.1) is 6.20 Å². The molecule has 0 unspecified atom stereocenters. The molecule has 6 heteroatoms. The fraction of sp³-hybridized carbons (Fsp3) is 0.500. The fourth-order valence-electron chi connectivity index (χ4n) is 1.82. The Morgan fingerprint density at radius 3 is 2.94 bits per heavy atom. The smallest absolute Gasteiger partial charge is 0.183 e. The van der Waals surface area contributed by atoms with Gasteiger partial charge < -0.3 is 5.32 Å². The molecule has 0 spiro atoms. The van der Waals surface area contributed by atoms with Crippen molar-refractivity contribution in [2.24, 2.45) is 0 Å². The van der Waals surface area contributed by atoms with Crippen LogP contribution in [0, 0.1) is 0 Å². The van der Waals surface area contributed by atoms with E-state index in [1.165, 1.54) is 12.8 Å². The highest BCUT2D eigenvalue weighted by Gasteiger charge is 2.26. The van der Waals surface area contributed by atoms with Crippen molar-refractivity contribution < 1.29 is 0 Å². The van der Waals surface area contributed by atoms with Crippen LogP contribution < -0.4 is 5.32 Å². The van der Waals surface area contributed by atoms with Gasteiger partial charge in [-0.15, -0.1) is 0 Å². The van der Waals surface area contributed by atoms with Crippen molar-refractivity contribution in [3.05, 3.63) is 18.0 Å². The van der Waals surface area contributed by atoms with Gasteiger partial charge >= 0.3 is 0 Å². The van der Waals surface area contributed by atoms with Gasteiger partial charge in [0.2, 0.25) is 0 Å². The molecule has 2 N–H and O–H groups in total. The first-order valence-electron chi connectivity index (χ1n) is 6.36. The molecule has 2 aromatic rings. The van der Waals surface area contributed by atoms with E-state index in [0.717, 1.165) is 24.5 Å². The Labute approximate surface area is 105 Å². The van der Waals surface area contributed by atoms with E-state index in [-0.39, 0.29) is 0 Å². The summed E-state index contributed by atoms with van der Waals surface area (Å²) in [4.78, 5) is 9.05. The maximum absolute atomic E-state index is 4.57. The molecule has 0 bridgehead atoms. The largest absolute Gasteiger partial charge is 0.370 e. The lowest BCUT2D eigenvalue weighted by Crippen LogP contribution is -2.05. The molecule has 94 valence electrons. The van der Waals surface area contributed by atoms with Crippen molar-refractivity contribution in [1.82, 2.24) is 25.4 Å². The minimum absolute atomic E-state index is 0.598. The Bertz CT molecular complexity index is 517. The summed E-state index contributed by atoms with van der Waals surface area (Å²) in [6, 6.07) is 2.05. The average Bonchev–Trinajstić information content (AvgIpc) is 3.11. The molecular weight excluding hydrogens is 228 g/mol. The van der Waals surface area contributed by atoms with Crippen LogP contribution in [0.15, 0.2) is 12.3 Å². The average molecular weight is 244 g/mol. The summed E-state index contributed by atoms with van der Waals surface area (Å²) in [7, 11) is 0. The minimum atomic E-state index is 0.598. The van der Waals surface area contributed by atoms with Crippen LogP contribution in [0.5, 0.6) is 0 Å². The lowest BCUT2D eigenvalue weighted by molar-refractivity contribution is 0.927. The minimum Gasteiger partial charge on any atom is -0.370 e. The number of H-pyrrole nitrogens is 1. The number of anilines is 1. The Hall–Kier alpha value is -1.98. The Kier molecular flexibility index (Phi) is 2.92. The molecule has 1 aliphatic rings. The van der Waals surface area contributed by atoms with Crippen molar-refractivity contribution >= 4 is 5.82 Å². The number of aromatic nitrogens is 5. The first-order valence-corrected chi connectivity index (χ1v) is 6.36. The third-order valence-corrected chi connectivity index (χ3v) is 2.94. The first kappa shape index (κ1) is 11.1. The van der Waals surface area contributed by atoms with Gasteiger partial charge in [-0.2, -0.15) is 15.4 Å². The molecule has 1 fully saturated rings. The number of rotatable bonds is 5. The number of hydrogen-bond acceptors (Lipinski definition) is 5. The van der Waals surface area contributed by atoms with Gasteiger partial charge in [-0.05, 0) is 19.3 Å². The topological polar surface area (TPSA) is 79.4 Å². The number of nitrogens with one attached hydrogen (secondary N) is 2. The second kappa shape index (κ2) is 4.72. The number of hydrogen-bond donors (Lipinski definition) is 2. The molecule has 0 amide bonds. The van der Waals surface area contributed by atoms with Crippen LogP contribution in [0.4, 0.5) is 5.82 Å². The van der Waals surface area contributed by atoms with Gasteiger partial charge in [-0.25, -0.2) is 9.97 Å². The quantitative estimate of drug-likeness (QED) is 0.840. The summed E-state index contributed by atoms with van der Waals surface area (Å²) in [6.45, 7) is 3.05. The summed E-state index contributed by atoms with van der Waals surface area (Å²) in [5.74, 6) is 2.12. The summed E-state index contributed by atoms with van der Waals surface area (Å²) in [5.41, 5.74) is 1.80.